The summed E-state index contributed by atoms with van der Waals surface area (Å²) in [7, 11) is 0. The number of carbonyl (C=O) groups excluding carboxylic acids is 1. The summed E-state index contributed by atoms with van der Waals surface area (Å²) in [4.78, 5) is 13.3. The van der Waals surface area contributed by atoms with Crippen molar-refractivity contribution in [2.45, 2.75) is 72.8 Å². The van der Waals surface area contributed by atoms with Gasteiger partial charge in [0.25, 0.3) is 0 Å². The quantitative estimate of drug-likeness (QED) is 0.368. The summed E-state index contributed by atoms with van der Waals surface area (Å²) in [6.07, 6.45) is 8.70. The van der Waals surface area contributed by atoms with Gasteiger partial charge in [-0.2, -0.15) is 0 Å². The average molecular weight is 505 g/mol. The molecule has 0 spiro atoms. The first-order chi connectivity index (χ1) is 17.7. The maximum atomic E-state index is 13.3. The molecule has 6 nitrogen and oxygen atoms in total. The summed E-state index contributed by atoms with van der Waals surface area (Å²) in [6, 6.07) is 5.20. The number of aromatic hydroxyl groups is 2. The largest absolute Gasteiger partial charge is 0.507 e. The molecule has 0 bridgehead atoms. The lowest BCUT2D eigenvalue weighted by Gasteiger charge is -2.28. The number of hydrogen-bond acceptors (Lipinski definition) is 6. The van der Waals surface area contributed by atoms with Gasteiger partial charge in [0.15, 0.2) is 17.3 Å². The van der Waals surface area contributed by atoms with E-state index < -0.39 is 6.10 Å². The number of carbonyl (C=O) groups is 1. The van der Waals surface area contributed by atoms with Crippen LogP contribution in [0, 0.1) is 0 Å². The van der Waals surface area contributed by atoms with E-state index in [-0.39, 0.29) is 41.8 Å². The summed E-state index contributed by atoms with van der Waals surface area (Å²) in [5.41, 5.74) is 5.84. The highest BCUT2D eigenvalue weighted by atomic mass is 16.7. The molecule has 196 valence electrons. The van der Waals surface area contributed by atoms with Gasteiger partial charge in [0.2, 0.25) is 6.79 Å². The Morgan fingerprint density at radius 1 is 0.946 bits per heavy atom. The third-order valence-electron chi connectivity index (χ3n) is 6.75. The number of allylic oxidation sites excluding steroid dienone is 6. The Morgan fingerprint density at radius 3 is 2.41 bits per heavy atom. The number of phenolic OH excluding ortho intramolecular Hbond substituents is 2. The number of phenols is 2. The molecule has 2 heterocycles. The maximum absolute atomic E-state index is 13.3. The maximum Gasteiger partial charge on any atom is 0.231 e. The van der Waals surface area contributed by atoms with Crippen molar-refractivity contribution in [2.75, 3.05) is 6.79 Å². The van der Waals surface area contributed by atoms with E-state index in [1.807, 2.05) is 32.1 Å². The van der Waals surface area contributed by atoms with Gasteiger partial charge in [-0.1, -0.05) is 41.0 Å². The van der Waals surface area contributed by atoms with Gasteiger partial charge in [-0.05, 0) is 66.4 Å². The lowest BCUT2D eigenvalue weighted by atomic mass is 9.89. The second-order valence-corrected chi connectivity index (χ2v) is 10.3. The van der Waals surface area contributed by atoms with Crippen LogP contribution < -0.4 is 14.2 Å². The van der Waals surface area contributed by atoms with Crippen LogP contribution in [-0.4, -0.2) is 22.8 Å². The van der Waals surface area contributed by atoms with E-state index in [0.717, 1.165) is 29.5 Å². The predicted octanol–water partition coefficient (Wildman–Crippen LogP) is 7.28. The highest BCUT2D eigenvalue weighted by molar-refractivity contribution is 6.03. The van der Waals surface area contributed by atoms with Crippen molar-refractivity contribution in [1.82, 2.24) is 0 Å². The van der Waals surface area contributed by atoms with E-state index in [9.17, 15) is 15.0 Å². The number of fused-ring (bicyclic) bond motifs is 2. The van der Waals surface area contributed by atoms with E-state index in [1.165, 1.54) is 17.2 Å². The molecule has 0 amide bonds. The molecule has 0 aromatic heterocycles. The summed E-state index contributed by atoms with van der Waals surface area (Å²) in [5, 5.41) is 21.5. The molecule has 37 heavy (non-hydrogen) atoms. The van der Waals surface area contributed by atoms with Crippen molar-refractivity contribution in [2.24, 2.45) is 0 Å². The van der Waals surface area contributed by atoms with Gasteiger partial charge in [0, 0.05) is 22.8 Å². The molecule has 2 aromatic carbocycles. The summed E-state index contributed by atoms with van der Waals surface area (Å²) in [5.74, 6) is 1.01. The normalized spacial score (nSPS) is 16.2. The van der Waals surface area contributed by atoms with Crippen LogP contribution >= 0.6 is 0 Å². The molecule has 0 saturated carbocycles. The fourth-order valence-corrected chi connectivity index (χ4v) is 4.71. The number of ether oxygens (including phenoxy) is 3. The van der Waals surface area contributed by atoms with Crippen molar-refractivity contribution in [3.63, 3.8) is 0 Å². The van der Waals surface area contributed by atoms with Gasteiger partial charge in [-0.25, -0.2) is 0 Å². The second-order valence-electron chi connectivity index (χ2n) is 10.3. The van der Waals surface area contributed by atoms with Crippen molar-refractivity contribution in [1.29, 1.82) is 0 Å². The van der Waals surface area contributed by atoms with Gasteiger partial charge in [-0.3, -0.25) is 4.79 Å². The third-order valence-corrected chi connectivity index (χ3v) is 6.75. The van der Waals surface area contributed by atoms with Crippen molar-refractivity contribution >= 4 is 5.78 Å². The first-order valence-corrected chi connectivity index (χ1v) is 12.8. The Hall–Kier alpha value is -3.67. The van der Waals surface area contributed by atoms with Gasteiger partial charge in [0.1, 0.15) is 28.9 Å². The lowest BCUT2D eigenvalue weighted by Crippen LogP contribution is -2.22. The minimum absolute atomic E-state index is 0.0727. The first kappa shape index (κ1) is 26.4. The number of rotatable bonds is 8. The van der Waals surface area contributed by atoms with Gasteiger partial charge in [-0.15, -0.1) is 0 Å². The van der Waals surface area contributed by atoms with Gasteiger partial charge in [0.05, 0.1) is 6.42 Å². The van der Waals surface area contributed by atoms with Crippen molar-refractivity contribution in [3.8, 4) is 28.7 Å². The Morgan fingerprint density at radius 2 is 1.68 bits per heavy atom. The number of hydrogen-bond donors (Lipinski definition) is 2. The molecular weight excluding hydrogens is 468 g/mol. The number of benzene rings is 2. The smallest absolute Gasteiger partial charge is 0.231 e. The van der Waals surface area contributed by atoms with E-state index in [0.29, 0.717) is 29.9 Å². The molecule has 2 aromatic rings. The zero-order chi connectivity index (χ0) is 26.7. The van der Waals surface area contributed by atoms with Crippen LogP contribution in [0.4, 0.5) is 0 Å². The molecule has 0 saturated heterocycles. The predicted molar refractivity (Wildman–Crippen MR) is 144 cm³/mol. The van der Waals surface area contributed by atoms with Gasteiger partial charge >= 0.3 is 0 Å². The van der Waals surface area contributed by atoms with Crippen LogP contribution in [-0.2, 0) is 12.8 Å². The number of Topliss-reactive ketones (excluding diaryl/α,β-unsaturated/α-hetero) is 1. The molecule has 0 aliphatic carbocycles. The Kier molecular flexibility index (Phi) is 7.96. The molecule has 2 aliphatic heterocycles. The van der Waals surface area contributed by atoms with E-state index in [4.69, 9.17) is 14.2 Å². The SMILES string of the molecule is CC(C)=CCC/C(C)=C/Cc1c([C@@H]2CC(=O)c3c(cc(O)c(CC=C(C)C)c3O)O2)ccc2c1OCO2. The van der Waals surface area contributed by atoms with E-state index in [1.54, 1.807) is 0 Å². The van der Waals surface area contributed by atoms with E-state index in [2.05, 4.69) is 32.9 Å². The minimum Gasteiger partial charge on any atom is -0.507 e. The minimum atomic E-state index is -0.577. The zero-order valence-corrected chi connectivity index (χ0v) is 22.3. The lowest BCUT2D eigenvalue weighted by molar-refractivity contribution is 0.0843. The Balaban J connectivity index is 1.66. The monoisotopic (exact) mass is 504 g/mol. The summed E-state index contributed by atoms with van der Waals surface area (Å²) < 4.78 is 17.7. The van der Waals surface area contributed by atoms with Crippen molar-refractivity contribution < 1.29 is 29.2 Å². The highest BCUT2D eigenvalue weighted by Crippen LogP contribution is 2.47. The van der Waals surface area contributed by atoms with Crippen LogP contribution in [0.15, 0.2) is 53.1 Å². The van der Waals surface area contributed by atoms with Crippen LogP contribution in [0.5, 0.6) is 28.7 Å². The van der Waals surface area contributed by atoms with Gasteiger partial charge < -0.3 is 24.4 Å². The molecule has 6 heteroatoms. The van der Waals surface area contributed by atoms with E-state index >= 15 is 0 Å². The molecule has 2 N–H and O–H groups in total. The molecule has 2 aliphatic rings. The molecule has 4 rings (SSSR count). The van der Waals surface area contributed by atoms with Crippen LogP contribution in [0.3, 0.4) is 0 Å². The summed E-state index contributed by atoms with van der Waals surface area (Å²) >= 11 is 0. The van der Waals surface area contributed by atoms with Crippen LogP contribution in [0.1, 0.15) is 87.0 Å². The Labute approximate surface area is 218 Å². The molecule has 1 atom stereocenters. The zero-order valence-electron chi connectivity index (χ0n) is 22.3. The fraction of sp³-hybridized carbons (Fsp3) is 0.387. The third kappa shape index (κ3) is 5.85. The fourth-order valence-electron chi connectivity index (χ4n) is 4.71. The molecule has 0 unspecified atom stereocenters. The summed E-state index contributed by atoms with van der Waals surface area (Å²) in [6.45, 7) is 10.3. The second kappa shape index (κ2) is 11.2. The highest BCUT2D eigenvalue weighted by Gasteiger charge is 2.35. The topological polar surface area (TPSA) is 85.2 Å². The molecule has 0 fully saturated rings. The number of ketones is 1. The average Bonchev–Trinajstić information content (AvgIpc) is 3.30. The van der Waals surface area contributed by atoms with Crippen LogP contribution in [0.25, 0.3) is 0 Å². The standard InChI is InChI=1S/C31H36O6/c1-18(2)7-6-8-20(5)10-12-22-21(13-14-26-31(22)36-17-35-26)27-16-25(33)29-28(37-27)15-24(32)23(30(29)34)11-9-19(3)4/h7,9-10,13-15,27,32,34H,6,8,11-12,16-17H2,1-5H3/b20-10+/t27-/m0/s1. The van der Waals surface area contributed by atoms with Crippen molar-refractivity contribution in [3.05, 3.63) is 75.4 Å². The van der Waals surface area contributed by atoms with Crippen LogP contribution in [0.2, 0.25) is 0 Å². The Bertz CT molecular complexity index is 1290. The molecule has 0 radical (unpaired) electrons. The first-order valence-electron chi connectivity index (χ1n) is 12.8. The molecular formula is C31H36O6.